The van der Waals surface area contributed by atoms with E-state index < -0.39 is 10.1 Å². The molecule has 0 fully saturated rings. The van der Waals surface area contributed by atoms with E-state index in [2.05, 4.69) is 9.17 Å². The number of rotatable bonds is 3. The van der Waals surface area contributed by atoms with Crippen molar-refractivity contribution in [2.24, 2.45) is 0 Å². The molecule has 0 radical (unpaired) electrons. The Kier molecular flexibility index (Phi) is 3.05. The van der Waals surface area contributed by atoms with Crippen molar-refractivity contribution in [2.75, 3.05) is 6.26 Å². The average Bonchev–Trinajstić information content (AvgIpc) is 2.30. The lowest BCUT2D eigenvalue weighted by atomic mass is 10.6. The van der Waals surface area contributed by atoms with E-state index in [1.807, 2.05) is 0 Å². The molecule has 0 aromatic carbocycles. The molecule has 0 amide bonds. The molecule has 7 heteroatoms. The van der Waals surface area contributed by atoms with Gasteiger partial charge in [0.1, 0.15) is 6.61 Å². The fourth-order valence-electron chi connectivity index (χ4n) is 0.515. The second-order valence-corrected chi connectivity index (χ2v) is 5.39. The molecule has 1 aromatic heterocycles. The molecule has 0 atom stereocenters. The lowest BCUT2D eigenvalue weighted by molar-refractivity contribution is 0.315. The van der Waals surface area contributed by atoms with E-state index in [-0.39, 0.29) is 6.61 Å². The molecule has 1 heterocycles. The molecule has 0 saturated carbocycles. The van der Waals surface area contributed by atoms with Crippen molar-refractivity contribution >= 4 is 33.1 Å². The van der Waals surface area contributed by atoms with Gasteiger partial charge in [-0.25, -0.2) is 4.98 Å². The predicted octanol–water partition coefficient (Wildman–Crippen LogP) is 1.27. The zero-order valence-corrected chi connectivity index (χ0v) is 8.54. The lowest BCUT2D eigenvalue weighted by Crippen LogP contribution is -2.01. The van der Waals surface area contributed by atoms with Crippen LogP contribution in [0.15, 0.2) is 6.20 Å². The van der Waals surface area contributed by atoms with Gasteiger partial charge in [-0.15, -0.1) is 11.3 Å². The highest BCUT2D eigenvalue weighted by Gasteiger charge is 2.04. The van der Waals surface area contributed by atoms with E-state index in [9.17, 15) is 8.42 Å². The molecular weight excluding hydrogens is 222 g/mol. The van der Waals surface area contributed by atoms with Crippen LogP contribution in [0, 0.1) is 0 Å². The van der Waals surface area contributed by atoms with Crippen molar-refractivity contribution in [2.45, 2.75) is 6.61 Å². The summed E-state index contributed by atoms with van der Waals surface area (Å²) in [5.41, 5.74) is 0. The van der Waals surface area contributed by atoms with Gasteiger partial charge in [-0.05, 0) is 0 Å². The van der Waals surface area contributed by atoms with Gasteiger partial charge in [0.2, 0.25) is 0 Å². The number of aromatic nitrogens is 1. The number of halogens is 1. The van der Waals surface area contributed by atoms with Crippen LogP contribution in [0.1, 0.15) is 4.88 Å². The highest BCUT2D eigenvalue weighted by Crippen LogP contribution is 2.18. The molecule has 68 valence electrons. The Morgan fingerprint density at radius 3 is 2.83 bits per heavy atom. The maximum atomic E-state index is 10.5. The van der Waals surface area contributed by atoms with Crippen LogP contribution in [-0.2, 0) is 20.9 Å². The SMILES string of the molecule is CS(=O)(=O)OCc1cnc(Cl)s1. The minimum Gasteiger partial charge on any atom is -0.265 e. The van der Waals surface area contributed by atoms with Crippen molar-refractivity contribution in [1.29, 1.82) is 0 Å². The zero-order chi connectivity index (χ0) is 9.19. The third-order valence-corrected chi connectivity index (χ3v) is 2.57. The van der Waals surface area contributed by atoms with Crippen LogP contribution in [0.2, 0.25) is 4.47 Å². The summed E-state index contributed by atoms with van der Waals surface area (Å²) >= 11 is 6.71. The van der Waals surface area contributed by atoms with Crippen LogP contribution in [0.4, 0.5) is 0 Å². The van der Waals surface area contributed by atoms with E-state index in [4.69, 9.17) is 11.6 Å². The van der Waals surface area contributed by atoms with Gasteiger partial charge < -0.3 is 0 Å². The van der Waals surface area contributed by atoms with E-state index in [0.29, 0.717) is 9.34 Å². The quantitative estimate of drug-likeness (QED) is 0.730. The van der Waals surface area contributed by atoms with Crippen LogP contribution in [0.25, 0.3) is 0 Å². The van der Waals surface area contributed by atoms with Crippen molar-refractivity contribution < 1.29 is 12.6 Å². The van der Waals surface area contributed by atoms with Gasteiger partial charge in [0.15, 0.2) is 4.47 Å². The van der Waals surface area contributed by atoms with Crippen molar-refractivity contribution in [3.05, 3.63) is 15.5 Å². The second kappa shape index (κ2) is 3.69. The Bertz CT molecular complexity index is 359. The summed E-state index contributed by atoms with van der Waals surface area (Å²) in [4.78, 5) is 4.41. The van der Waals surface area contributed by atoms with E-state index >= 15 is 0 Å². The summed E-state index contributed by atoms with van der Waals surface area (Å²) in [6, 6.07) is 0. The molecular formula is C5H6ClNO3S2. The molecule has 0 aliphatic carbocycles. The highest BCUT2D eigenvalue weighted by atomic mass is 35.5. The fraction of sp³-hybridized carbons (Fsp3) is 0.400. The third-order valence-electron chi connectivity index (χ3n) is 0.941. The van der Waals surface area contributed by atoms with E-state index in [1.54, 1.807) is 0 Å². The van der Waals surface area contributed by atoms with Crippen LogP contribution in [-0.4, -0.2) is 19.7 Å². The molecule has 0 unspecified atom stereocenters. The first-order valence-corrected chi connectivity index (χ1v) is 5.93. The Hall–Kier alpha value is -0.170. The summed E-state index contributed by atoms with van der Waals surface area (Å²) in [6.07, 6.45) is 2.48. The Morgan fingerprint density at radius 1 is 1.75 bits per heavy atom. The standard InChI is InChI=1S/C5H6ClNO3S2/c1-12(8,9)10-3-4-2-7-5(6)11-4/h2H,3H2,1H3. The molecule has 0 spiro atoms. The van der Waals surface area contributed by atoms with Crippen LogP contribution in [0.3, 0.4) is 0 Å². The van der Waals surface area contributed by atoms with Gasteiger partial charge in [0.05, 0.1) is 11.1 Å². The molecule has 0 aliphatic rings. The smallest absolute Gasteiger partial charge is 0.264 e. The zero-order valence-electron chi connectivity index (χ0n) is 6.15. The topological polar surface area (TPSA) is 56.3 Å². The Labute approximate surface area is 79.3 Å². The maximum absolute atomic E-state index is 10.5. The van der Waals surface area contributed by atoms with Crippen molar-refractivity contribution in [1.82, 2.24) is 4.98 Å². The minimum absolute atomic E-state index is 0.00319. The Balaban J connectivity index is 2.55. The summed E-state index contributed by atoms with van der Waals surface area (Å²) < 4.78 is 26.0. The van der Waals surface area contributed by atoms with Gasteiger partial charge in [0.25, 0.3) is 10.1 Å². The van der Waals surface area contributed by atoms with Gasteiger partial charge in [-0.1, -0.05) is 11.6 Å². The normalized spacial score (nSPS) is 11.8. The van der Waals surface area contributed by atoms with Crippen LogP contribution >= 0.6 is 22.9 Å². The predicted molar refractivity (Wildman–Crippen MR) is 46.8 cm³/mol. The molecule has 1 aromatic rings. The molecule has 0 bridgehead atoms. The monoisotopic (exact) mass is 227 g/mol. The molecule has 0 aliphatic heterocycles. The largest absolute Gasteiger partial charge is 0.265 e. The van der Waals surface area contributed by atoms with Gasteiger partial charge in [-0.2, -0.15) is 8.42 Å². The lowest BCUT2D eigenvalue weighted by Gasteiger charge is -1.95. The van der Waals surface area contributed by atoms with Crippen molar-refractivity contribution in [3.63, 3.8) is 0 Å². The van der Waals surface area contributed by atoms with Gasteiger partial charge in [0, 0.05) is 6.20 Å². The Morgan fingerprint density at radius 2 is 2.42 bits per heavy atom. The van der Waals surface area contributed by atoms with Crippen LogP contribution in [0.5, 0.6) is 0 Å². The van der Waals surface area contributed by atoms with Gasteiger partial charge >= 0.3 is 0 Å². The summed E-state index contributed by atoms with van der Waals surface area (Å²) in [6.45, 7) is 0.00319. The number of hydrogen-bond donors (Lipinski definition) is 0. The van der Waals surface area contributed by atoms with E-state index in [0.717, 1.165) is 6.26 Å². The molecule has 0 saturated heterocycles. The molecule has 0 N–H and O–H groups in total. The van der Waals surface area contributed by atoms with E-state index in [1.165, 1.54) is 17.5 Å². The summed E-state index contributed by atoms with van der Waals surface area (Å²) in [5.74, 6) is 0. The molecule has 1 rings (SSSR count). The third kappa shape index (κ3) is 3.48. The number of nitrogens with zero attached hydrogens (tertiary/aromatic N) is 1. The molecule has 12 heavy (non-hydrogen) atoms. The number of thiazole rings is 1. The molecule has 4 nitrogen and oxygen atoms in total. The van der Waals surface area contributed by atoms with Crippen molar-refractivity contribution in [3.8, 4) is 0 Å². The van der Waals surface area contributed by atoms with Gasteiger partial charge in [-0.3, -0.25) is 4.18 Å². The first-order chi connectivity index (χ1) is 5.47. The summed E-state index contributed by atoms with van der Waals surface area (Å²) in [7, 11) is -3.38. The number of hydrogen-bond acceptors (Lipinski definition) is 5. The minimum atomic E-state index is -3.38. The second-order valence-electron chi connectivity index (χ2n) is 2.05. The average molecular weight is 228 g/mol. The first kappa shape index (κ1) is 9.91. The maximum Gasteiger partial charge on any atom is 0.264 e. The van der Waals surface area contributed by atoms with Crippen LogP contribution < -0.4 is 0 Å². The highest BCUT2D eigenvalue weighted by molar-refractivity contribution is 7.85. The fourth-order valence-corrected chi connectivity index (χ4v) is 1.82. The summed E-state index contributed by atoms with van der Waals surface area (Å²) in [5, 5.41) is 0. The first-order valence-electron chi connectivity index (χ1n) is 2.92.